The van der Waals surface area contributed by atoms with Crippen LogP contribution in [-0.2, 0) is 25.6 Å². The maximum Gasteiger partial charge on any atom is 0.336 e. The Hall–Kier alpha value is -2.60. The van der Waals surface area contributed by atoms with Crippen molar-refractivity contribution in [3.05, 3.63) is 58.4 Å². The van der Waals surface area contributed by atoms with Gasteiger partial charge in [-0.2, -0.15) is 0 Å². The highest BCUT2D eigenvalue weighted by Gasteiger charge is 2.35. The Morgan fingerprint density at radius 3 is 2.28 bits per heavy atom. The molecule has 1 aromatic carbocycles. The number of allylic oxidation sites excluding steroid dienone is 2. The highest BCUT2D eigenvalue weighted by atomic mass is 16.5. The van der Waals surface area contributed by atoms with E-state index in [2.05, 4.69) is 22.3 Å². The van der Waals surface area contributed by atoms with E-state index >= 15 is 0 Å². The van der Waals surface area contributed by atoms with Crippen LogP contribution in [0.15, 0.2) is 52.9 Å². The van der Waals surface area contributed by atoms with E-state index in [1.165, 1.54) is 12.7 Å². The van der Waals surface area contributed by atoms with Crippen LogP contribution in [0.4, 0.5) is 0 Å². The molecule has 0 saturated carbocycles. The summed E-state index contributed by atoms with van der Waals surface area (Å²) in [5.74, 6) is -1.10. The van der Waals surface area contributed by atoms with E-state index in [1.807, 2.05) is 46.0 Å². The van der Waals surface area contributed by atoms with E-state index < -0.39 is 5.97 Å². The Bertz CT molecular complexity index is 783. The van der Waals surface area contributed by atoms with Crippen LogP contribution in [0, 0.1) is 5.92 Å². The number of ether oxygens (including phenoxy) is 2. The number of carbonyl (C=O) groups is 2. The fourth-order valence-corrected chi connectivity index (χ4v) is 3.71. The highest BCUT2D eigenvalue weighted by Crippen LogP contribution is 2.34. The number of dihydropyridines is 1. The van der Waals surface area contributed by atoms with Crippen molar-refractivity contribution in [1.29, 1.82) is 0 Å². The number of benzene rings is 1. The smallest absolute Gasteiger partial charge is 0.336 e. The Morgan fingerprint density at radius 2 is 1.69 bits per heavy atom. The summed E-state index contributed by atoms with van der Waals surface area (Å²) in [6, 6.07) is 10.2. The van der Waals surface area contributed by atoms with Gasteiger partial charge >= 0.3 is 11.9 Å². The van der Waals surface area contributed by atoms with Gasteiger partial charge in [0.15, 0.2) is 0 Å². The van der Waals surface area contributed by atoms with Gasteiger partial charge in [-0.05, 0) is 32.9 Å². The Balaban J connectivity index is 2.02. The van der Waals surface area contributed by atoms with Crippen LogP contribution in [0.1, 0.15) is 39.2 Å². The van der Waals surface area contributed by atoms with E-state index in [1.54, 1.807) is 0 Å². The molecule has 1 N–H and O–H groups in total. The van der Waals surface area contributed by atoms with Crippen molar-refractivity contribution in [2.24, 2.45) is 5.92 Å². The second kappa shape index (κ2) is 10.8. The van der Waals surface area contributed by atoms with Gasteiger partial charge in [-0.1, -0.05) is 43.7 Å². The zero-order chi connectivity index (χ0) is 21.4. The molecular formula is C23H32N2O4. The SMILES string of the molecule is CCCC1C(C(=O)OC)=C(C)NC(C)=C1C(=O)OCCN(C)Cc1ccccc1. The number of nitrogens with one attached hydrogen (secondary N) is 1. The maximum absolute atomic E-state index is 12.9. The van der Waals surface area contributed by atoms with Gasteiger partial charge in [0.25, 0.3) is 0 Å². The van der Waals surface area contributed by atoms with Crippen molar-refractivity contribution in [1.82, 2.24) is 10.2 Å². The molecule has 0 aliphatic carbocycles. The summed E-state index contributed by atoms with van der Waals surface area (Å²) in [6.45, 7) is 7.40. The predicted molar refractivity (Wildman–Crippen MR) is 113 cm³/mol. The molecule has 1 heterocycles. The lowest BCUT2D eigenvalue weighted by atomic mass is 9.82. The van der Waals surface area contributed by atoms with E-state index in [0.717, 1.165) is 24.4 Å². The number of hydrogen-bond acceptors (Lipinski definition) is 6. The molecule has 1 unspecified atom stereocenters. The highest BCUT2D eigenvalue weighted by molar-refractivity contribution is 5.97. The van der Waals surface area contributed by atoms with Crippen LogP contribution in [0.25, 0.3) is 0 Å². The van der Waals surface area contributed by atoms with Crippen LogP contribution in [0.2, 0.25) is 0 Å². The van der Waals surface area contributed by atoms with Crippen molar-refractivity contribution in [2.45, 2.75) is 40.2 Å². The number of nitrogens with zero attached hydrogens (tertiary/aromatic N) is 1. The van der Waals surface area contributed by atoms with E-state index in [-0.39, 0.29) is 18.5 Å². The molecular weight excluding hydrogens is 368 g/mol. The molecule has 158 valence electrons. The van der Waals surface area contributed by atoms with Crippen LogP contribution in [0.5, 0.6) is 0 Å². The van der Waals surface area contributed by atoms with Gasteiger partial charge in [-0.25, -0.2) is 9.59 Å². The first-order valence-corrected chi connectivity index (χ1v) is 10.1. The zero-order valence-electron chi connectivity index (χ0n) is 18.1. The zero-order valence-corrected chi connectivity index (χ0v) is 18.1. The third-order valence-electron chi connectivity index (χ3n) is 5.08. The van der Waals surface area contributed by atoms with E-state index in [0.29, 0.717) is 24.1 Å². The molecule has 0 saturated heterocycles. The van der Waals surface area contributed by atoms with E-state index in [4.69, 9.17) is 9.47 Å². The molecule has 0 aromatic heterocycles. The topological polar surface area (TPSA) is 67.9 Å². The number of carbonyl (C=O) groups excluding carboxylic acids is 2. The molecule has 6 nitrogen and oxygen atoms in total. The van der Waals surface area contributed by atoms with Gasteiger partial charge in [0.2, 0.25) is 0 Å². The van der Waals surface area contributed by atoms with Crippen molar-refractivity contribution < 1.29 is 19.1 Å². The number of methoxy groups -OCH3 is 1. The first kappa shape index (κ1) is 22.7. The van der Waals surface area contributed by atoms with Crippen molar-refractivity contribution >= 4 is 11.9 Å². The lowest BCUT2D eigenvalue weighted by Gasteiger charge is -2.30. The molecule has 29 heavy (non-hydrogen) atoms. The fourth-order valence-electron chi connectivity index (χ4n) is 3.71. The Labute approximate surface area is 173 Å². The van der Waals surface area contributed by atoms with Crippen LogP contribution in [0.3, 0.4) is 0 Å². The Morgan fingerprint density at radius 1 is 1.07 bits per heavy atom. The van der Waals surface area contributed by atoms with Crippen LogP contribution < -0.4 is 5.32 Å². The lowest BCUT2D eigenvalue weighted by molar-refractivity contribution is -0.140. The van der Waals surface area contributed by atoms with Crippen LogP contribution >= 0.6 is 0 Å². The molecule has 1 aliphatic heterocycles. The molecule has 0 amide bonds. The number of hydrogen-bond donors (Lipinski definition) is 1. The van der Waals surface area contributed by atoms with Gasteiger partial charge in [-0.3, -0.25) is 4.90 Å². The maximum atomic E-state index is 12.9. The van der Waals surface area contributed by atoms with E-state index in [9.17, 15) is 9.59 Å². The first-order chi connectivity index (χ1) is 13.9. The van der Waals surface area contributed by atoms with Crippen molar-refractivity contribution in [3.63, 3.8) is 0 Å². The summed E-state index contributed by atoms with van der Waals surface area (Å²) in [5, 5.41) is 3.14. The van der Waals surface area contributed by atoms with Gasteiger partial charge in [0, 0.05) is 30.4 Å². The second-order valence-corrected chi connectivity index (χ2v) is 7.39. The third kappa shape index (κ3) is 5.94. The quantitative estimate of drug-likeness (QED) is 0.641. The Kier molecular flexibility index (Phi) is 8.46. The number of likely N-dealkylation sites (N-methyl/N-ethyl adjacent to an activating group) is 1. The largest absolute Gasteiger partial charge is 0.466 e. The summed E-state index contributed by atoms with van der Waals surface area (Å²) < 4.78 is 10.5. The van der Waals surface area contributed by atoms with Gasteiger partial charge in [0.05, 0.1) is 18.3 Å². The summed E-state index contributed by atoms with van der Waals surface area (Å²) in [7, 11) is 3.35. The van der Waals surface area contributed by atoms with Crippen LogP contribution in [-0.4, -0.2) is 44.1 Å². The molecule has 1 aromatic rings. The minimum Gasteiger partial charge on any atom is -0.466 e. The third-order valence-corrected chi connectivity index (χ3v) is 5.08. The normalized spacial score (nSPS) is 16.7. The second-order valence-electron chi connectivity index (χ2n) is 7.39. The van der Waals surface area contributed by atoms with Gasteiger partial charge in [-0.15, -0.1) is 0 Å². The van der Waals surface area contributed by atoms with Crippen molar-refractivity contribution in [2.75, 3.05) is 27.3 Å². The molecule has 0 spiro atoms. The summed E-state index contributed by atoms with van der Waals surface area (Å²) >= 11 is 0. The molecule has 0 fully saturated rings. The molecule has 1 atom stereocenters. The lowest BCUT2D eigenvalue weighted by Crippen LogP contribution is -2.34. The summed E-state index contributed by atoms with van der Waals surface area (Å²) in [5.41, 5.74) is 3.70. The minimum absolute atomic E-state index is 0.286. The molecule has 2 rings (SSSR count). The molecule has 0 radical (unpaired) electrons. The molecule has 0 bridgehead atoms. The standard InChI is InChI=1S/C23H32N2O4/c1-6-10-19-20(22(26)28-5)16(2)24-17(3)21(19)23(27)29-14-13-25(4)15-18-11-8-7-9-12-18/h7-9,11-12,19,24H,6,10,13-15H2,1-5H3. The fraction of sp³-hybridized carbons (Fsp3) is 0.478. The van der Waals surface area contributed by atoms with Gasteiger partial charge in [0.1, 0.15) is 6.61 Å². The molecule has 6 heteroatoms. The average molecular weight is 401 g/mol. The monoisotopic (exact) mass is 400 g/mol. The molecule has 1 aliphatic rings. The minimum atomic E-state index is -0.408. The average Bonchev–Trinajstić information content (AvgIpc) is 2.68. The predicted octanol–water partition coefficient (Wildman–Crippen LogP) is 3.40. The summed E-state index contributed by atoms with van der Waals surface area (Å²) in [6.07, 6.45) is 1.52. The number of esters is 2. The van der Waals surface area contributed by atoms with Gasteiger partial charge < -0.3 is 14.8 Å². The number of rotatable bonds is 9. The van der Waals surface area contributed by atoms with Crippen molar-refractivity contribution in [3.8, 4) is 0 Å². The summed E-state index contributed by atoms with van der Waals surface area (Å²) in [4.78, 5) is 27.3. The first-order valence-electron chi connectivity index (χ1n) is 10.1.